The molecular formula is C21H21ClO3. The van der Waals surface area contributed by atoms with E-state index >= 15 is 0 Å². The monoisotopic (exact) mass is 356 g/mol. The SMILES string of the molecule is O=c1cc(-c2ccccc2)oc2cccc(OCCCCCCCl)c12. The average Bonchev–Trinajstić information content (AvgIpc) is 2.65. The van der Waals surface area contributed by atoms with Crippen LogP contribution in [0.15, 0.2) is 63.8 Å². The normalized spacial score (nSPS) is 10.9. The summed E-state index contributed by atoms with van der Waals surface area (Å²) in [6, 6.07) is 16.6. The Morgan fingerprint density at radius 3 is 2.52 bits per heavy atom. The number of benzene rings is 2. The standard InChI is InChI=1S/C21H21ClO3/c22-13-6-1-2-7-14-24-18-11-8-12-19-21(18)17(23)15-20(25-19)16-9-4-3-5-10-16/h3-5,8-12,15H,1-2,6-7,13-14H2. The number of unbranched alkanes of at least 4 members (excludes halogenated alkanes) is 3. The van der Waals surface area contributed by atoms with Crippen LogP contribution in [-0.4, -0.2) is 12.5 Å². The van der Waals surface area contributed by atoms with Crippen LogP contribution in [0, 0.1) is 0 Å². The van der Waals surface area contributed by atoms with E-state index in [0.29, 0.717) is 35.0 Å². The molecule has 0 N–H and O–H groups in total. The van der Waals surface area contributed by atoms with Crippen molar-refractivity contribution >= 4 is 22.6 Å². The average molecular weight is 357 g/mol. The quantitative estimate of drug-likeness (QED) is 0.387. The van der Waals surface area contributed by atoms with Crippen LogP contribution >= 0.6 is 11.6 Å². The third-order valence-electron chi connectivity index (χ3n) is 4.06. The van der Waals surface area contributed by atoms with Crippen LogP contribution < -0.4 is 10.2 Å². The van der Waals surface area contributed by atoms with E-state index in [1.807, 2.05) is 42.5 Å². The van der Waals surface area contributed by atoms with E-state index in [1.54, 1.807) is 6.07 Å². The summed E-state index contributed by atoms with van der Waals surface area (Å²) in [5.74, 6) is 1.86. The second-order valence-corrected chi connectivity index (χ2v) is 6.30. The van der Waals surface area contributed by atoms with Crippen molar-refractivity contribution < 1.29 is 9.15 Å². The molecule has 0 atom stereocenters. The van der Waals surface area contributed by atoms with Gasteiger partial charge in [-0.2, -0.15) is 0 Å². The van der Waals surface area contributed by atoms with E-state index in [9.17, 15) is 4.79 Å². The van der Waals surface area contributed by atoms with E-state index in [4.69, 9.17) is 20.8 Å². The number of ether oxygens (including phenoxy) is 1. The highest BCUT2D eigenvalue weighted by molar-refractivity contribution is 6.17. The van der Waals surface area contributed by atoms with Crippen molar-refractivity contribution in [1.82, 2.24) is 0 Å². The third-order valence-corrected chi connectivity index (χ3v) is 4.33. The molecule has 0 aliphatic rings. The van der Waals surface area contributed by atoms with Gasteiger partial charge in [-0.3, -0.25) is 4.79 Å². The van der Waals surface area contributed by atoms with Gasteiger partial charge in [-0.1, -0.05) is 49.2 Å². The first-order valence-corrected chi connectivity index (χ1v) is 9.14. The van der Waals surface area contributed by atoms with Gasteiger partial charge in [0.15, 0.2) is 5.43 Å². The highest BCUT2D eigenvalue weighted by Gasteiger charge is 2.11. The minimum absolute atomic E-state index is 0.0853. The fraction of sp³-hybridized carbons (Fsp3) is 0.286. The minimum atomic E-state index is -0.0853. The van der Waals surface area contributed by atoms with Crippen molar-refractivity contribution in [2.24, 2.45) is 0 Å². The molecule has 0 radical (unpaired) electrons. The number of rotatable bonds is 8. The Labute approximate surface area is 152 Å². The van der Waals surface area contributed by atoms with Crippen molar-refractivity contribution in [2.45, 2.75) is 25.7 Å². The lowest BCUT2D eigenvalue weighted by atomic mass is 10.1. The van der Waals surface area contributed by atoms with Crippen molar-refractivity contribution in [3.63, 3.8) is 0 Å². The third kappa shape index (κ3) is 4.43. The fourth-order valence-electron chi connectivity index (χ4n) is 2.78. The highest BCUT2D eigenvalue weighted by Crippen LogP contribution is 2.27. The molecule has 0 amide bonds. The summed E-state index contributed by atoms with van der Waals surface area (Å²) < 4.78 is 11.8. The predicted octanol–water partition coefficient (Wildman–Crippen LogP) is 5.64. The Balaban J connectivity index is 1.81. The van der Waals surface area contributed by atoms with Crippen LogP contribution in [-0.2, 0) is 0 Å². The maximum absolute atomic E-state index is 12.6. The first-order chi connectivity index (χ1) is 12.3. The van der Waals surface area contributed by atoms with Crippen molar-refractivity contribution in [3.8, 4) is 17.1 Å². The maximum atomic E-state index is 12.6. The first-order valence-electron chi connectivity index (χ1n) is 8.60. The van der Waals surface area contributed by atoms with Crippen LogP contribution in [0.3, 0.4) is 0 Å². The molecule has 2 aromatic carbocycles. The molecule has 0 unspecified atom stereocenters. The Kier molecular flexibility index (Phi) is 6.13. The molecule has 0 spiro atoms. The summed E-state index contributed by atoms with van der Waals surface area (Å²) in [5, 5.41) is 0.503. The summed E-state index contributed by atoms with van der Waals surface area (Å²) in [5.41, 5.74) is 1.34. The lowest BCUT2D eigenvalue weighted by Gasteiger charge is -2.09. The fourth-order valence-corrected chi connectivity index (χ4v) is 2.96. The second-order valence-electron chi connectivity index (χ2n) is 5.92. The summed E-state index contributed by atoms with van der Waals surface area (Å²) in [6.07, 6.45) is 4.15. The van der Waals surface area contributed by atoms with Gasteiger partial charge in [-0.15, -0.1) is 11.6 Å². The van der Waals surface area contributed by atoms with Crippen molar-refractivity contribution in [1.29, 1.82) is 0 Å². The summed E-state index contributed by atoms with van der Waals surface area (Å²) in [7, 11) is 0. The van der Waals surface area contributed by atoms with Crippen LogP contribution in [0.4, 0.5) is 0 Å². The van der Waals surface area contributed by atoms with E-state index in [2.05, 4.69) is 0 Å². The second kappa shape index (κ2) is 8.72. The van der Waals surface area contributed by atoms with Crippen LogP contribution in [0.2, 0.25) is 0 Å². The number of halogens is 1. The predicted molar refractivity (Wildman–Crippen MR) is 103 cm³/mol. The van der Waals surface area contributed by atoms with Gasteiger partial charge in [-0.25, -0.2) is 0 Å². The van der Waals surface area contributed by atoms with Gasteiger partial charge >= 0.3 is 0 Å². The number of fused-ring (bicyclic) bond motifs is 1. The van der Waals surface area contributed by atoms with Gasteiger partial charge in [0.05, 0.1) is 6.61 Å². The molecule has 130 valence electrons. The van der Waals surface area contributed by atoms with Crippen LogP contribution in [0.1, 0.15) is 25.7 Å². The van der Waals surface area contributed by atoms with E-state index < -0.39 is 0 Å². The molecule has 0 bridgehead atoms. The molecule has 3 rings (SSSR count). The van der Waals surface area contributed by atoms with Gasteiger partial charge in [0.1, 0.15) is 22.5 Å². The number of alkyl halides is 1. The molecule has 25 heavy (non-hydrogen) atoms. The molecule has 0 aliphatic carbocycles. The minimum Gasteiger partial charge on any atom is -0.493 e. The van der Waals surface area contributed by atoms with Crippen LogP contribution in [0.25, 0.3) is 22.3 Å². The van der Waals surface area contributed by atoms with Gasteiger partial charge < -0.3 is 9.15 Å². The van der Waals surface area contributed by atoms with Gasteiger partial charge in [-0.05, 0) is 25.0 Å². The molecule has 3 nitrogen and oxygen atoms in total. The maximum Gasteiger partial charge on any atom is 0.197 e. The van der Waals surface area contributed by atoms with Crippen molar-refractivity contribution in [3.05, 3.63) is 64.8 Å². The molecule has 0 fully saturated rings. The highest BCUT2D eigenvalue weighted by atomic mass is 35.5. The summed E-state index contributed by atoms with van der Waals surface area (Å²) in [4.78, 5) is 12.6. The zero-order valence-electron chi connectivity index (χ0n) is 14.0. The molecule has 0 saturated heterocycles. The zero-order chi connectivity index (χ0) is 17.5. The molecule has 4 heteroatoms. The first kappa shape index (κ1) is 17.6. The molecule has 0 aliphatic heterocycles. The topological polar surface area (TPSA) is 39.4 Å². The smallest absolute Gasteiger partial charge is 0.197 e. The summed E-state index contributed by atoms with van der Waals surface area (Å²) >= 11 is 5.67. The Hall–Kier alpha value is -2.26. The number of hydrogen-bond acceptors (Lipinski definition) is 3. The van der Waals surface area contributed by atoms with Crippen LogP contribution in [0.5, 0.6) is 5.75 Å². The molecule has 1 heterocycles. The number of hydrogen-bond donors (Lipinski definition) is 0. The van der Waals surface area contributed by atoms with Gasteiger partial charge in [0.2, 0.25) is 0 Å². The van der Waals surface area contributed by atoms with E-state index in [0.717, 1.165) is 31.2 Å². The van der Waals surface area contributed by atoms with E-state index in [1.165, 1.54) is 6.07 Å². The lowest BCUT2D eigenvalue weighted by molar-refractivity contribution is 0.308. The van der Waals surface area contributed by atoms with E-state index in [-0.39, 0.29) is 5.43 Å². The van der Waals surface area contributed by atoms with Gasteiger partial charge in [0, 0.05) is 17.5 Å². The largest absolute Gasteiger partial charge is 0.493 e. The lowest BCUT2D eigenvalue weighted by Crippen LogP contribution is -2.05. The molecule has 0 saturated carbocycles. The zero-order valence-corrected chi connectivity index (χ0v) is 14.8. The molecular weight excluding hydrogens is 336 g/mol. The van der Waals surface area contributed by atoms with Gasteiger partial charge in [0.25, 0.3) is 0 Å². The molecule has 3 aromatic rings. The Morgan fingerprint density at radius 1 is 0.920 bits per heavy atom. The van der Waals surface area contributed by atoms with Crippen molar-refractivity contribution in [2.75, 3.05) is 12.5 Å². The Bertz CT molecular complexity index is 871. The Morgan fingerprint density at radius 2 is 1.72 bits per heavy atom. The summed E-state index contributed by atoms with van der Waals surface area (Å²) in [6.45, 7) is 0.585. The molecule has 1 aromatic heterocycles.